The highest BCUT2D eigenvalue weighted by atomic mass is 79.9. The molecule has 5 nitrogen and oxygen atoms in total. The highest BCUT2D eigenvalue weighted by Crippen LogP contribution is 2.33. The largest absolute Gasteiger partial charge is 0.493 e. The Morgan fingerprint density at radius 3 is 2.64 bits per heavy atom. The minimum Gasteiger partial charge on any atom is -0.493 e. The number of halogens is 1. The lowest BCUT2D eigenvalue weighted by Gasteiger charge is -2.09. The van der Waals surface area contributed by atoms with Gasteiger partial charge in [0.25, 0.3) is 5.56 Å². The number of thiazole rings is 1. The lowest BCUT2D eigenvalue weighted by atomic mass is 10.2. The smallest absolute Gasteiger partial charge is 0.274 e. The van der Waals surface area contributed by atoms with Crippen LogP contribution < -0.4 is 19.6 Å². The first-order chi connectivity index (χ1) is 12.1. The topological polar surface area (TPSA) is 52.8 Å². The van der Waals surface area contributed by atoms with E-state index >= 15 is 0 Å². The molecule has 0 fully saturated rings. The Morgan fingerprint density at radius 1 is 1.16 bits per heavy atom. The first-order valence-electron chi connectivity index (χ1n) is 7.45. The Balaban J connectivity index is 1.96. The summed E-state index contributed by atoms with van der Waals surface area (Å²) in [6.07, 6.45) is 1.84. The second kappa shape index (κ2) is 6.16. The van der Waals surface area contributed by atoms with Gasteiger partial charge >= 0.3 is 0 Å². The second-order valence-corrected chi connectivity index (χ2v) is 7.23. The van der Waals surface area contributed by atoms with Gasteiger partial charge < -0.3 is 9.47 Å². The number of benzene rings is 2. The van der Waals surface area contributed by atoms with E-state index in [0.717, 1.165) is 21.1 Å². The molecule has 2 heterocycles. The van der Waals surface area contributed by atoms with Crippen molar-refractivity contribution in [3.05, 3.63) is 61.3 Å². The predicted octanol–water partition coefficient (Wildman–Crippen LogP) is 3.24. The van der Waals surface area contributed by atoms with Gasteiger partial charge in [0, 0.05) is 4.47 Å². The third kappa shape index (κ3) is 2.60. The molecule has 0 aliphatic carbocycles. The summed E-state index contributed by atoms with van der Waals surface area (Å²) in [5.74, 6) is 1.23. The summed E-state index contributed by atoms with van der Waals surface area (Å²) in [7, 11) is 3.17. The van der Waals surface area contributed by atoms with Crippen molar-refractivity contribution >= 4 is 49.3 Å². The first-order valence-corrected chi connectivity index (χ1v) is 9.06. The molecule has 2 aromatic carbocycles. The minimum atomic E-state index is -0.0737. The van der Waals surface area contributed by atoms with Crippen LogP contribution >= 0.6 is 27.3 Å². The number of hydrogen-bond acceptors (Lipinski definition) is 5. The van der Waals surface area contributed by atoms with Crippen LogP contribution in [0.2, 0.25) is 0 Å². The Bertz CT molecular complexity index is 1210. The van der Waals surface area contributed by atoms with E-state index in [1.807, 2.05) is 42.5 Å². The summed E-state index contributed by atoms with van der Waals surface area (Å²) >= 11 is 4.89. The fourth-order valence-electron chi connectivity index (χ4n) is 2.73. The molecule has 4 aromatic rings. The van der Waals surface area contributed by atoms with E-state index in [1.165, 1.54) is 11.3 Å². The fourth-order valence-corrected chi connectivity index (χ4v) is 4.15. The highest BCUT2D eigenvalue weighted by molar-refractivity contribution is 9.10. The molecule has 0 aliphatic rings. The number of nitrogens with zero attached hydrogens (tertiary/aromatic N) is 2. The molecule has 0 aliphatic heterocycles. The van der Waals surface area contributed by atoms with Gasteiger partial charge in [-0.1, -0.05) is 39.4 Å². The summed E-state index contributed by atoms with van der Waals surface area (Å²) in [4.78, 5) is 18.0. The molecule has 0 spiro atoms. The standard InChI is InChI=1S/C18H13BrN2O3S/c1-23-14-7-10(11(19)9-15(14)24-2)8-16-17(22)21-13-6-4-3-5-12(13)20-18(21)25-16/h3-9H,1-2H3. The average molecular weight is 417 g/mol. The Kier molecular flexibility index (Phi) is 3.97. The van der Waals surface area contributed by atoms with Crippen LogP contribution in [0.15, 0.2) is 45.7 Å². The Labute approximate surface area is 155 Å². The van der Waals surface area contributed by atoms with E-state index in [1.54, 1.807) is 18.6 Å². The Hall–Kier alpha value is -2.38. The van der Waals surface area contributed by atoms with Crippen LogP contribution in [0.4, 0.5) is 0 Å². The van der Waals surface area contributed by atoms with Gasteiger partial charge in [-0.05, 0) is 35.9 Å². The molecule has 126 valence electrons. The third-order valence-electron chi connectivity index (χ3n) is 3.93. The van der Waals surface area contributed by atoms with Gasteiger partial charge in [0.15, 0.2) is 16.5 Å². The van der Waals surface area contributed by atoms with E-state index in [0.29, 0.717) is 21.0 Å². The molecule has 2 aromatic heterocycles. The number of para-hydroxylation sites is 2. The van der Waals surface area contributed by atoms with E-state index < -0.39 is 0 Å². The molecule has 0 saturated heterocycles. The van der Waals surface area contributed by atoms with E-state index in [-0.39, 0.29) is 5.56 Å². The highest BCUT2D eigenvalue weighted by Gasteiger charge is 2.12. The van der Waals surface area contributed by atoms with Crippen LogP contribution in [0, 0.1) is 0 Å². The summed E-state index contributed by atoms with van der Waals surface area (Å²) < 4.78 is 13.7. The van der Waals surface area contributed by atoms with Gasteiger partial charge in [0.05, 0.1) is 29.8 Å². The minimum absolute atomic E-state index is 0.0737. The zero-order valence-electron chi connectivity index (χ0n) is 13.4. The predicted molar refractivity (Wildman–Crippen MR) is 103 cm³/mol. The summed E-state index contributed by atoms with van der Waals surface area (Å²) in [6, 6.07) is 11.3. The molecule has 0 amide bonds. The molecule has 7 heteroatoms. The number of methoxy groups -OCH3 is 2. The molecular weight excluding hydrogens is 404 g/mol. The summed E-state index contributed by atoms with van der Waals surface area (Å²) in [5, 5.41) is 0. The molecule has 0 saturated carbocycles. The number of imidazole rings is 1. The maximum Gasteiger partial charge on any atom is 0.274 e. The number of aromatic nitrogens is 2. The van der Waals surface area contributed by atoms with Gasteiger partial charge in [0.1, 0.15) is 0 Å². The molecule has 0 radical (unpaired) electrons. The molecule has 0 N–H and O–H groups in total. The molecule has 4 rings (SSSR count). The van der Waals surface area contributed by atoms with Crippen LogP contribution in [0.1, 0.15) is 5.56 Å². The number of rotatable bonds is 3. The first kappa shape index (κ1) is 16.1. The number of fused-ring (bicyclic) bond motifs is 3. The van der Waals surface area contributed by atoms with Gasteiger partial charge in [-0.3, -0.25) is 4.79 Å². The van der Waals surface area contributed by atoms with Crippen molar-refractivity contribution in [3.8, 4) is 11.5 Å². The zero-order valence-corrected chi connectivity index (χ0v) is 15.8. The third-order valence-corrected chi connectivity index (χ3v) is 5.59. The van der Waals surface area contributed by atoms with Crippen molar-refractivity contribution in [2.45, 2.75) is 0 Å². The normalized spacial score (nSPS) is 12.2. The van der Waals surface area contributed by atoms with Crippen LogP contribution in [0.3, 0.4) is 0 Å². The van der Waals surface area contributed by atoms with Gasteiger partial charge in [-0.25, -0.2) is 9.38 Å². The maximum atomic E-state index is 12.8. The molecule has 0 bridgehead atoms. The van der Waals surface area contributed by atoms with Crippen LogP contribution in [-0.4, -0.2) is 23.6 Å². The molecule has 0 atom stereocenters. The van der Waals surface area contributed by atoms with Crippen molar-refractivity contribution in [2.75, 3.05) is 14.2 Å². The van der Waals surface area contributed by atoms with Crippen molar-refractivity contribution in [3.63, 3.8) is 0 Å². The fraction of sp³-hybridized carbons (Fsp3) is 0.111. The van der Waals surface area contributed by atoms with E-state index in [4.69, 9.17) is 9.47 Å². The van der Waals surface area contributed by atoms with Crippen molar-refractivity contribution in [1.29, 1.82) is 0 Å². The Morgan fingerprint density at radius 2 is 1.88 bits per heavy atom. The molecule has 25 heavy (non-hydrogen) atoms. The number of ether oxygens (including phenoxy) is 2. The van der Waals surface area contributed by atoms with E-state index in [9.17, 15) is 4.79 Å². The van der Waals surface area contributed by atoms with Gasteiger partial charge in [-0.2, -0.15) is 0 Å². The quantitative estimate of drug-likeness (QED) is 0.514. The molecular formula is C18H13BrN2O3S. The lowest BCUT2D eigenvalue weighted by Crippen LogP contribution is -2.22. The van der Waals surface area contributed by atoms with Gasteiger partial charge in [0.2, 0.25) is 0 Å². The van der Waals surface area contributed by atoms with Crippen LogP contribution in [0.25, 0.3) is 22.1 Å². The van der Waals surface area contributed by atoms with E-state index in [2.05, 4.69) is 20.9 Å². The van der Waals surface area contributed by atoms with Crippen molar-refractivity contribution < 1.29 is 9.47 Å². The SMILES string of the molecule is COc1cc(Br)c(C=c2sc3nc4ccccc4n3c2=O)cc1OC. The number of hydrogen-bond donors (Lipinski definition) is 0. The second-order valence-electron chi connectivity index (χ2n) is 5.36. The monoisotopic (exact) mass is 416 g/mol. The molecule has 0 unspecified atom stereocenters. The average Bonchev–Trinajstić information content (AvgIpc) is 3.13. The summed E-state index contributed by atoms with van der Waals surface area (Å²) in [5.41, 5.74) is 2.41. The zero-order chi connectivity index (χ0) is 17.6. The van der Waals surface area contributed by atoms with Crippen molar-refractivity contribution in [1.82, 2.24) is 9.38 Å². The maximum absolute atomic E-state index is 12.8. The van der Waals surface area contributed by atoms with Crippen LogP contribution in [-0.2, 0) is 0 Å². The van der Waals surface area contributed by atoms with Crippen LogP contribution in [0.5, 0.6) is 11.5 Å². The van der Waals surface area contributed by atoms with Crippen molar-refractivity contribution in [2.24, 2.45) is 0 Å². The lowest BCUT2D eigenvalue weighted by molar-refractivity contribution is 0.354. The summed E-state index contributed by atoms with van der Waals surface area (Å²) in [6.45, 7) is 0. The van der Waals surface area contributed by atoms with Gasteiger partial charge in [-0.15, -0.1) is 0 Å².